The van der Waals surface area contributed by atoms with Crippen molar-refractivity contribution in [2.75, 3.05) is 18.0 Å². The Morgan fingerprint density at radius 3 is 2.79 bits per heavy atom. The molecule has 3 atom stereocenters. The zero-order valence-electron chi connectivity index (χ0n) is 12.2. The van der Waals surface area contributed by atoms with Crippen molar-refractivity contribution in [3.05, 3.63) is 29.8 Å². The first-order valence-corrected chi connectivity index (χ1v) is 7.81. The molecule has 104 valence electrons. The summed E-state index contributed by atoms with van der Waals surface area (Å²) in [5.41, 5.74) is 2.94. The number of nitrogens with one attached hydrogen (secondary N) is 1. The average Bonchev–Trinajstić information content (AvgIpc) is 2.64. The molecule has 0 saturated heterocycles. The van der Waals surface area contributed by atoms with E-state index in [0.29, 0.717) is 0 Å². The molecule has 0 aromatic heterocycles. The topological polar surface area (TPSA) is 15.3 Å². The van der Waals surface area contributed by atoms with Gasteiger partial charge in [0.05, 0.1) is 0 Å². The second-order valence-electron chi connectivity index (χ2n) is 6.42. The first-order valence-electron chi connectivity index (χ1n) is 7.81. The Kier molecular flexibility index (Phi) is 3.79. The minimum atomic E-state index is 0.743. The molecule has 3 rings (SSSR count). The number of fused-ring (bicyclic) bond motifs is 1. The van der Waals surface area contributed by atoms with Crippen LogP contribution in [-0.2, 0) is 6.54 Å². The molecule has 0 radical (unpaired) electrons. The molecule has 0 spiro atoms. The fourth-order valence-corrected chi connectivity index (χ4v) is 3.66. The van der Waals surface area contributed by atoms with Crippen molar-refractivity contribution >= 4 is 5.69 Å². The van der Waals surface area contributed by atoms with Crippen molar-refractivity contribution in [1.29, 1.82) is 0 Å². The Labute approximate surface area is 117 Å². The van der Waals surface area contributed by atoms with Crippen molar-refractivity contribution in [3.63, 3.8) is 0 Å². The maximum absolute atomic E-state index is 3.55. The number of rotatable bonds is 1. The van der Waals surface area contributed by atoms with E-state index in [1.54, 1.807) is 0 Å². The van der Waals surface area contributed by atoms with Crippen LogP contribution in [-0.4, -0.2) is 19.1 Å². The van der Waals surface area contributed by atoms with Crippen LogP contribution in [0.25, 0.3) is 0 Å². The SMILES string of the molecule is CC1CCC(N2CCNCc3ccccc32)CC1C. The predicted octanol–water partition coefficient (Wildman–Crippen LogP) is 3.42. The van der Waals surface area contributed by atoms with Crippen LogP contribution < -0.4 is 10.2 Å². The maximum atomic E-state index is 3.55. The lowest BCUT2D eigenvalue weighted by Gasteiger charge is -2.40. The highest BCUT2D eigenvalue weighted by Gasteiger charge is 2.30. The number of hydrogen-bond acceptors (Lipinski definition) is 2. The first kappa shape index (κ1) is 13.0. The Hall–Kier alpha value is -1.02. The van der Waals surface area contributed by atoms with Crippen molar-refractivity contribution in [2.45, 2.75) is 45.7 Å². The molecule has 1 aromatic carbocycles. The van der Waals surface area contributed by atoms with Gasteiger partial charge >= 0.3 is 0 Å². The van der Waals surface area contributed by atoms with Gasteiger partial charge in [0.15, 0.2) is 0 Å². The smallest absolute Gasteiger partial charge is 0.0414 e. The molecule has 2 nitrogen and oxygen atoms in total. The molecule has 1 heterocycles. The molecule has 0 bridgehead atoms. The Morgan fingerprint density at radius 1 is 1.11 bits per heavy atom. The summed E-state index contributed by atoms with van der Waals surface area (Å²) in [6.45, 7) is 8.13. The summed E-state index contributed by atoms with van der Waals surface area (Å²) in [5.74, 6) is 1.76. The van der Waals surface area contributed by atoms with Crippen LogP contribution in [0.4, 0.5) is 5.69 Å². The fraction of sp³-hybridized carbons (Fsp3) is 0.647. The predicted molar refractivity (Wildman–Crippen MR) is 81.5 cm³/mol. The number of anilines is 1. The van der Waals surface area contributed by atoms with Gasteiger partial charge in [-0.05, 0) is 42.7 Å². The highest BCUT2D eigenvalue weighted by atomic mass is 15.2. The lowest BCUT2D eigenvalue weighted by Crippen LogP contribution is -2.42. The van der Waals surface area contributed by atoms with E-state index < -0.39 is 0 Å². The van der Waals surface area contributed by atoms with E-state index in [9.17, 15) is 0 Å². The van der Waals surface area contributed by atoms with Crippen LogP contribution in [0.3, 0.4) is 0 Å². The van der Waals surface area contributed by atoms with Crippen LogP contribution in [0.1, 0.15) is 38.7 Å². The second kappa shape index (κ2) is 5.54. The molecule has 3 unspecified atom stereocenters. The Bertz CT molecular complexity index is 429. The van der Waals surface area contributed by atoms with Crippen LogP contribution in [0, 0.1) is 11.8 Å². The van der Waals surface area contributed by atoms with E-state index in [0.717, 1.165) is 37.5 Å². The minimum absolute atomic E-state index is 0.743. The van der Waals surface area contributed by atoms with E-state index in [1.807, 2.05) is 0 Å². The molecule has 2 aliphatic rings. The van der Waals surface area contributed by atoms with Crippen LogP contribution in [0.5, 0.6) is 0 Å². The van der Waals surface area contributed by atoms with Gasteiger partial charge in [-0.1, -0.05) is 32.0 Å². The molecule has 1 fully saturated rings. The lowest BCUT2D eigenvalue weighted by atomic mass is 9.78. The number of benzene rings is 1. The van der Waals surface area contributed by atoms with E-state index in [2.05, 4.69) is 48.3 Å². The quantitative estimate of drug-likeness (QED) is 0.830. The van der Waals surface area contributed by atoms with E-state index >= 15 is 0 Å². The molecule has 1 aliphatic heterocycles. The van der Waals surface area contributed by atoms with Crippen molar-refractivity contribution < 1.29 is 0 Å². The molecule has 2 heteroatoms. The summed E-state index contributed by atoms with van der Waals surface area (Å²) in [7, 11) is 0. The molecule has 19 heavy (non-hydrogen) atoms. The van der Waals surface area contributed by atoms with Gasteiger partial charge < -0.3 is 10.2 Å². The highest BCUT2D eigenvalue weighted by molar-refractivity contribution is 5.55. The highest BCUT2D eigenvalue weighted by Crippen LogP contribution is 2.35. The zero-order chi connectivity index (χ0) is 13.2. The van der Waals surface area contributed by atoms with Crippen molar-refractivity contribution in [1.82, 2.24) is 5.32 Å². The largest absolute Gasteiger partial charge is 0.367 e. The van der Waals surface area contributed by atoms with Crippen molar-refractivity contribution in [3.8, 4) is 0 Å². The summed E-state index contributed by atoms with van der Waals surface area (Å²) >= 11 is 0. The minimum Gasteiger partial charge on any atom is -0.367 e. The van der Waals surface area contributed by atoms with Gasteiger partial charge in [-0.15, -0.1) is 0 Å². The average molecular weight is 258 g/mol. The lowest BCUT2D eigenvalue weighted by molar-refractivity contribution is 0.244. The van der Waals surface area contributed by atoms with Gasteiger partial charge in [0, 0.05) is 31.4 Å². The summed E-state index contributed by atoms with van der Waals surface area (Å²) in [6.07, 6.45) is 4.10. The fourth-order valence-electron chi connectivity index (χ4n) is 3.66. The molecular weight excluding hydrogens is 232 g/mol. The van der Waals surface area contributed by atoms with Gasteiger partial charge in [0.2, 0.25) is 0 Å². The molecular formula is C17H26N2. The second-order valence-corrected chi connectivity index (χ2v) is 6.42. The number of hydrogen-bond donors (Lipinski definition) is 1. The van der Waals surface area contributed by atoms with Gasteiger partial charge in [-0.25, -0.2) is 0 Å². The summed E-state index contributed by atoms with van der Waals surface area (Å²) < 4.78 is 0. The maximum Gasteiger partial charge on any atom is 0.0414 e. The third-order valence-electron chi connectivity index (χ3n) is 5.16. The summed E-state index contributed by atoms with van der Waals surface area (Å²) in [6, 6.07) is 9.68. The Balaban J connectivity index is 1.84. The van der Waals surface area contributed by atoms with Crippen LogP contribution in [0.2, 0.25) is 0 Å². The molecule has 0 amide bonds. The monoisotopic (exact) mass is 258 g/mol. The van der Waals surface area contributed by atoms with Crippen LogP contribution >= 0.6 is 0 Å². The van der Waals surface area contributed by atoms with Gasteiger partial charge in [-0.3, -0.25) is 0 Å². The number of para-hydroxylation sites is 1. The van der Waals surface area contributed by atoms with Gasteiger partial charge in [-0.2, -0.15) is 0 Å². The van der Waals surface area contributed by atoms with Crippen molar-refractivity contribution in [2.24, 2.45) is 11.8 Å². The molecule has 1 aromatic rings. The standard InChI is InChI=1S/C17H26N2/c1-13-7-8-16(11-14(13)2)19-10-9-18-12-15-5-3-4-6-17(15)19/h3-6,13-14,16,18H,7-12H2,1-2H3. The molecule has 1 saturated carbocycles. The van der Waals surface area contributed by atoms with Gasteiger partial charge in [0.25, 0.3) is 0 Å². The van der Waals surface area contributed by atoms with E-state index in [1.165, 1.54) is 30.5 Å². The number of nitrogens with zero attached hydrogens (tertiary/aromatic N) is 1. The normalized spacial score (nSPS) is 31.7. The third-order valence-corrected chi connectivity index (χ3v) is 5.16. The summed E-state index contributed by atoms with van der Waals surface area (Å²) in [4.78, 5) is 2.68. The first-order chi connectivity index (χ1) is 9.25. The molecule has 1 N–H and O–H groups in total. The van der Waals surface area contributed by atoms with Crippen LogP contribution in [0.15, 0.2) is 24.3 Å². The Morgan fingerprint density at radius 2 is 1.95 bits per heavy atom. The third kappa shape index (κ3) is 2.64. The summed E-state index contributed by atoms with van der Waals surface area (Å²) in [5, 5.41) is 3.55. The van der Waals surface area contributed by atoms with E-state index in [-0.39, 0.29) is 0 Å². The zero-order valence-corrected chi connectivity index (χ0v) is 12.2. The van der Waals surface area contributed by atoms with E-state index in [4.69, 9.17) is 0 Å². The van der Waals surface area contributed by atoms with Gasteiger partial charge in [0.1, 0.15) is 0 Å². The molecule has 1 aliphatic carbocycles.